The number of nitriles is 1. The molecular formula is C32H42N6O5Si. The number of carbonyl (C=O) groups excluding carboxylic acids is 1. The Balaban J connectivity index is 1.44. The minimum atomic E-state index is -2.18. The summed E-state index contributed by atoms with van der Waals surface area (Å²) in [6.45, 7) is 18.1. The zero-order valence-electron chi connectivity index (χ0n) is 26.9. The second-order valence-corrected chi connectivity index (χ2v) is 18.9. The number of ether oxygens (including phenoxy) is 2. The molecule has 2 aliphatic heterocycles. The summed E-state index contributed by atoms with van der Waals surface area (Å²) < 4.78 is 19.7. The second-order valence-electron chi connectivity index (χ2n) is 14.1. The van der Waals surface area contributed by atoms with Crippen LogP contribution in [0.2, 0.25) is 18.1 Å². The highest BCUT2D eigenvalue weighted by Crippen LogP contribution is 2.39. The number of nitrogens with zero attached hydrogens (tertiary/aromatic N) is 5. The topological polar surface area (TPSA) is 132 Å². The number of anilines is 2. The van der Waals surface area contributed by atoms with Crippen molar-refractivity contribution in [2.24, 2.45) is 0 Å². The molecule has 11 nitrogen and oxygen atoms in total. The van der Waals surface area contributed by atoms with Crippen LogP contribution in [0.1, 0.15) is 64.3 Å². The number of amides is 1. The quantitative estimate of drug-likeness (QED) is 0.360. The molecule has 0 aliphatic carbocycles. The fourth-order valence-electron chi connectivity index (χ4n) is 5.24. The lowest BCUT2D eigenvalue weighted by atomic mass is 9.99. The summed E-state index contributed by atoms with van der Waals surface area (Å²) in [6, 6.07) is 9.08. The largest absolute Gasteiger partial charge is 0.444 e. The Hall–Kier alpha value is -3.79. The van der Waals surface area contributed by atoms with Crippen LogP contribution in [-0.2, 0) is 26.9 Å². The van der Waals surface area contributed by atoms with Gasteiger partial charge in [0.2, 0.25) is 5.95 Å². The van der Waals surface area contributed by atoms with E-state index in [9.17, 15) is 14.9 Å². The number of benzene rings is 1. The van der Waals surface area contributed by atoms with Crippen molar-refractivity contribution in [3.05, 3.63) is 57.5 Å². The van der Waals surface area contributed by atoms with E-state index in [0.29, 0.717) is 43.1 Å². The Morgan fingerprint density at radius 3 is 2.57 bits per heavy atom. The van der Waals surface area contributed by atoms with Crippen LogP contribution in [0.4, 0.5) is 16.4 Å². The Bertz CT molecular complexity index is 1680. The lowest BCUT2D eigenvalue weighted by Crippen LogP contribution is -2.47. The van der Waals surface area contributed by atoms with Gasteiger partial charge in [0.15, 0.2) is 8.32 Å². The molecule has 0 spiro atoms. The predicted molar refractivity (Wildman–Crippen MR) is 171 cm³/mol. The van der Waals surface area contributed by atoms with Gasteiger partial charge in [0.1, 0.15) is 22.9 Å². The van der Waals surface area contributed by atoms with Gasteiger partial charge in [-0.3, -0.25) is 9.36 Å². The van der Waals surface area contributed by atoms with Gasteiger partial charge in [-0.2, -0.15) is 10.2 Å². The zero-order chi connectivity index (χ0) is 32.0. The standard InChI is InChI=1S/C32H42N6O5Si/c1-31(2,3)42-30(40)37-12-11-20-14-24(10-9-21(20)17-37)35-29-34-16-23-13-22(15-33)28(39)38(27(23)36-29)25-18-41-19-26(25)43-44(7,8)32(4,5)6/h9-10,13-14,16,25-26H,11-12,17-19H2,1-8H3,(H,34,35,36). The molecule has 1 aromatic carbocycles. The molecule has 1 amide bonds. The number of rotatable bonds is 5. The van der Waals surface area contributed by atoms with Gasteiger partial charge in [0.05, 0.1) is 25.4 Å². The third-order valence-corrected chi connectivity index (χ3v) is 13.1. The molecule has 0 saturated carbocycles. The smallest absolute Gasteiger partial charge is 0.410 e. The molecule has 5 rings (SSSR count). The van der Waals surface area contributed by atoms with Crippen molar-refractivity contribution >= 4 is 37.1 Å². The minimum Gasteiger partial charge on any atom is -0.444 e. The van der Waals surface area contributed by atoms with E-state index in [2.05, 4.69) is 44.2 Å². The summed E-state index contributed by atoms with van der Waals surface area (Å²) >= 11 is 0. The van der Waals surface area contributed by atoms with Gasteiger partial charge in [-0.25, -0.2) is 9.78 Å². The third-order valence-electron chi connectivity index (χ3n) is 8.60. The number of hydrogen-bond donors (Lipinski definition) is 1. The summed E-state index contributed by atoms with van der Waals surface area (Å²) in [4.78, 5) is 37.2. The Labute approximate surface area is 259 Å². The third kappa shape index (κ3) is 6.50. The van der Waals surface area contributed by atoms with Crippen LogP contribution in [-0.4, -0.2) is 65.3 Å². The van der Waals surface area contributed by atoms with Crippen LogP contribution in [0.25, 0.3) is 11.0 Å². The van der Waals surface area contributed by atoms with Crippen LogP contribution >= 0.6 is 0 Å². The van der Waals surface area contributed by atoms with Crippen LogP contribution < -0.4 is 10.9 Å². The van der Waals surface area contributed by atoms with E-state index in [0.717, 1.165) is 16.8 Å². The van der Waals surface area contributed by atoms with E-state index in [4.69, 9.17) is 18.9 Å². The molecule has 4 heterocycles. The SMILES string of the molecule is CC(C)(C)OC(=O)N1CCc2cc(Nc3ncc4cc(C#N)c(=O)n(C5COCC5O[Si](C)(C)C(C)(C)C)c4n3)ccc2C1. The Morgan fingerprint density at radius 1 is 1.14 bits per heavy atom. The molecule has 0 bridgehead atoms. The highest BCUT2D eigenvalue weighted by atomic mass is 28.4. The molecule has 3 aromatic rings. The first-order valence-electron chi connectivity index (χ1n) is 15.0. The van der Waals surface area contributed by atoms with Gasteiger partial charge in [0, 0.05) is 30.4 Å². The summed E-state index contributed by atoms with van der Waals surface area (Å²) in [6.07, 6.45) is 1.65. The first-order valence-corrected chi connectivity index (χ1v) is 17.9. The van der Waals surface area contributed by atoms with Crippen molar-refractivity contribution in [3.63, 3.8) is 0 Å². The first kappa shape index (κ1) is 31.6. The predicted octanol–water partition coefficient (Wildman–Crippen LogP) is 5.66. The average Bonchev–Trinajstić information content (AvgIpc) is 3.37. The number of fused-ring (bicyclic) bond motifs is 2. The van der Waals surface area contributed by atoms with Gasteiger partial charge in [-0.05, 0) is 74.7 Å². The van der Waals surface area contributed by atoms with Crippen molar-refractivity contribution in [1.29, 1.82) is 5.26 Å². The summed E-state index contributed by atoms with van der Waals surface area (Å²) in [5.74, 6) is 0.322. The van der Waals surface area contributed by atoms with Gasteiger partial charge in [-0.15, -0.1) is 0 Å². The monoisotopic (exact) mass is 618 g/mol. The number of nitrogens with one attached hydrogen (secondary N) is 1. The fraction of sp³-hybridized carbons (Fsp3) is 0.531. The molecule has 2 unspecified atom stereocenters. The van der Waals surface area contributed by atoms with E-state index in [-0.39, 0.29) is 29.4 Å². The molecule has 2 aromatic heterocycles. The highest BCUT2D eigenvalue weighted by molar-refractivity contribution is 6.74. The maximum atomic E-state index is 13.6. The molecule has 234 valence electrons. The zero-order valence-corrected chi connectivity index (χ0v) is 27.9. The molecule has 2 atom stereocenters. The molecule has 12 heteroatoms. The molecule has 1 fully saturated rings. The van der Waals surface area contributed by atoms with E-state index in [1.54, 1.807) is 15.7 Å². The van der Waals surface area contributed by atoms with Crippen LogP contribution in [0, 0.1) is 11.3 Å². The van der Waals surface area contributed by atoms with Crippen molar-refractivity contribution in [3.8, 4) is 6.07 Å². The van der Waals surface area contributed by atoms with Gasteiger partial charge in [0.25, 0.3) is 5.56 Å². The molecular weight excluding hydrogens is 576 g/mol. The molecule has 1 N–H and O–H groups in total. The van der Waals surface area contributed by atoms with Crippen molar-refractivity contribution in [2.45, 2.75) is 90.4 Å². The molecule has 2 aliphatic rings. The maximum absolute atomic E-state index is 13.6. The van der Waals surface area contributed by atoms with E-state index < -0.39 is 25.5 Å². The number of pyridine rings is 1. The number of aromatic nitrogens is 3. The summed E-state index contributed by atoms with van der Waals surface area (Å²) in [5, 5.41) is 13.6. The van der Waals surface area contributed by atoms with E-state index in [1.165, 1.54) is 6.07 Å². The lowest BCUT2D eigenvalue weighted by Gasteiger charge is -2.39. The normalized spacial score (nSPS) is 19.0. The summed E-state index contributed by atoms with van der Waals surface area (Å²) in [5.41, 5.74) is 2.44. The van der Waals surface area contributed by atoms with Crippen molar-refractivity contribution < 1.29 is 18.7 Å². The first-order chi connectivity index (χ1) is 20.6. The number of carbonyl (C=O) groups is 1. The second kappa shape index (κ2) is 11.6. The fourth-order valence-corrected chi connectivity index (χ4v) is 6.58. The summed E-state index contributed by atoms with van der Waals surface area (Å²) in [7, 11) is -2.18. The Kier molecular flexibility index (Phi) is 8.35. The Morgan fingerprint density at radius 2 is 1.89 bits per heavy atom. The minimum absolute atomic E-state index is 0.0231. The van der Waals surface area contributed by atoms with E-state index in [1.807, 2.05) is 45.0 Å². The van der Waals surface area contributed by atoms with Gasteiger partial charge in [-0.1, -0.05) is 26.8 Å². The average molecular weight is 619 g/mol. The van der Waals surface area contributed by atoms with Gasteiger partial charge < -0.3 is 24.1 Å². The van der Waals surface area contributed by atoms with E-state index >= 15 is 0 Å². The van der Waals surface area contributed by atoms with Crippen molar-refractivity contribution in [2.75, 3.05) is 25.1 Å². The maximum Gasteiger partial charge on any atom is 0.410 e. The lowest BCUT2D eigenvalue weighted by molar-refractivity contribution is 0.0224. The van der Waals surface area contributed by atoms with Crippen LogP contribution in [0.3, 0.4) is 0 Å². The molecule has 44 heavy (non-hydrogen) atoms. The van der Waals surface area contributed by atoms with Crippen molar-refractivity contribution in [1.82, 2.24) is 19.4 Å². The van der Waals surface area contributed by atoms with Gasteiger partial charge >= 0.3 is 6.09 Å². The van der Waals surface area contributed by atoms with Crippen LogP contribution in [0.15, 0.2) is 35.3 Å². The van der Waals surface area contributed by atoms with Crippen LogP contribution in [0.5, 0.6) is 0 Å². The molecule has 0 radical (unpaired) electrons. The highest BCUT2D eigenvalue weighted by Gasteiger charge is 2.43. The number of hydrogen-bond acceptors (Lipinski definition) is 9. The molecule has 1 saturated heterocycles.